The van der Waals surface area contributed by atoms with E-state index in [0.29, 0.717) is 6.42 Å². The van der Waals surface area contributed by atoms with Crippen LogP contribution >= 0.6 is 23.5 Å². The number of hydrogen-bond donors (Lipinski definition) is 5. The van der Waals surface area contributed by atoms with Gasteiger partial charge < -0.3 is 29.1 Å². The summed E-state index contributed by atoms with van der Waals surface area (Å²) in [5, 5.41) is 0. The monoisotopic (exact) mass is 697 g/mol. The lowest BCUT2D eigenvalue weighted by molar-refractivity contribution is 0.0964. The predicted octanol–water partition coefficient (Wildman–Crippen LogP) is 6.76. The van der Waals surface area contributed by atoms with Gasteiger partial charge >= 0.3 is 0 Å². The van der Waals surface area contributed by atoms with Crippen LogP contribution in [0.2, 0.25) is 0 Å². The Morgan fingerprint density at radius 1 is 0.612 bits per heavy atom. The van der Waals surface area contributed by atoms with Crippen molar-refractivity contribution >= 4 is 47.2 Å². The topological polar surface area (TPSA) is 207 Å². The van der Waals surface area contributed by atoms with E-state index in [2.05, 4.69) is 46.8 Å². The van der Waals surface area contributed by atoms with Crippen LogP contribution in [0, 0.1) is 5.41 Å². The first-order valence-electron chi connectivity index (χ1n) is 15.6. The van der Waals surface area contributed by atoms with Crippen molar-refractivity contribution in [1.82, 2.24) is 6.15 Å². The molecule has 0 bridgehead atoms. The Hall–Kier alpha value is -4.58. The van der Waals surface area contributed by atoms with Gasteiger partial charge in [-0.1, -0.05) is 101 Å². The van der Waals surface area contributed by atoms with Crippen LogP contribution in [-0.4, -0.2) is 23.6 Å². The van der Waals surface area contributed by atoms with Gasteiger partial charge in [-0.05, 0) is 82.2 Å². The molecule has 0 saturated heterocycles. The third-order valence-electron chi connectivity index (χ3n) is 8.47. The number of nitrogens with two attached hydrogens (primary N) is 4. The second-order valence-corrected chi connectivity index (χ2v) is 16.1. The molecule has 9 nitrogen and oxygen atoms in total. The molecule has 2 aliphatic heterocycles. The first-order chi connectivity index (χ1) is 22.5. The van der Waals surface area contributed by atoms with E-state index in [1.165, 1.54) is 34.7 Å². The first-order valence-corrected chi connectivity index (χ1v) is 17.2. The standard InChI is InChI=1S/C23H28N2O2S.C15H12N2O2S.H3N/c1-22(2,3)12-23(4,5)16-11-15(20(24)26)18(21(25)27)19-14(16)10-13-8-6-7-9-17(13)28-19;16-14(18)10-6-5-9-7-8-3-1-2-4-11(8)20-13(9)12(10)15(17)19;/h6-9,11H,10,12H2,1-5H3,(H2,24,26)(H2,25,27);1-6H,7H2,(H2,16,18)(H2,17,19);1H3. The number of carbonyl (C=O) groups is 4. The minimum Gasteiger partial charge on any atom is -0.366 e. The summed E-state index contributed by atoms with van der Waals surface area (Å²) < 4.78 is 0. The molecular formula is C38H43N5O4S2. The van der Waals surface area contributed by atoms with Crippen molar-refractivity contribution in [2.45, 2.75) is 78.9 Å². The van der Waals surface area contributed by atoms with Crippen molar-refractivity contribution in [3.05, 3.63) is 117 Å². The average Bonchev–Trinajstić information content (AvgIpc) is 3.00. The van der Waals surface area contributed by atoms with Crippen molar-refractivity contribution in [1.29, 1.82) is 0 Å². The van der Waals surface area contributed by atoms with E-state index < -0.39 is 23.6 Å². The molecule has 11 heteroatoms. The maximum absolute atomic E-state index is 12.3. The molecule has 0 radical (unpaired) electrons. The summed E-state index contributed by atoms with van der Waals surface area (Å²) in [6.45, 7) is 11.0. The number of hydrogen-bond acceptors (Lipinski definition) is 7. The molecule has 0 spiro atoms. The van der Waals surface area contributed by atoms with E-state index in [9.17, 15) is 19.2 Å². The van der Waals surface area contributed by atoms with Gasteiger partial charge in [0.05, 0.1) is 22.3 Å². The fourth-order valence-electron chi connectivity index (χ4n) is 6.90. The van der Waals surface area contributed by atoms with Gasteiger partial charge in [0.1, 0.15) is 0 Å². The maximum atomic E-state index is 12.3. The van der Waals surface area contributed by atoms with Gasteiger partial charge in [0.25, 0.3) is 11.8 Å². The van der Waals surface area contributed by atoms with Gasteiger partial charge in [0.15, 0.2) is 0 Å². The van der Waals surface area contributed by atoms with Gasteiger partial charge in [0.2, 0.25) is 11.8 Å². The fourth-order valence-corrected chi connectivity index (χ4v) is 9.37. The molecule has 4 aromatic rings. The van der Waals surface area contributed by atoms with Crippen molar-refractivity contribution in [3.63, 3.8) is 0 Å². The average molecular weight is 698 g/mol. The lowest BCUT2D eigenvalue weighted by Gasteiger charge is -2.37. The lowest BCUT2D eigenvalue weighted by Crippen LogP contribution is -2.30. The van der Waals surface area contributed by atoms with Crippen LogP contribution in [0.3, 0.4) is 0 Å². The lowest BCUT2D eigenvalue weighted by atomic mass is 9.69. The minimum absolute atomic E-state index is 0. The van der Waals surface area contributed by atoms with Crippen LogP contribution < -0.4 is 29.1 Å². The van der Waals surface area contributed by atoms with Crippen LogP contribution in [0.25, 0.3) is 0 Å². The molecular weight excluding hydrogens is 655 g/mol. The van der Waals surface area contributed by atoms with E-state index in [-0.39, 0.29) is 39.2 Å². The van der Waals surface area contributed by atoms with E-state index >= 15 is 0 Å². The molecule has 0 saturated carbocycles. The molecule has 0 unspecified atom stereocenters. The summed E-state index contributed by atoms with van der Waals surface area (Å²) in [5.74, 6) is -2.50. The van der Waals surface area contributed by atoms with E-state index in [4.69, 9.17) is 22.9 Å². The molecule has 4 amide bonds. The highest BCUT2D eigenvalue weighted by molar-refractivity contribution is 7.99. The molecule has 0 fully saturated rings. The number of rotatable bonds is 6. The van der Waals surface area contributed by atoms with Crippen LogP contribution in [0.15, 0.2) is 86.3 Å². The zero-order valence-corrected chi connectivity index (χ0v) is 30.1. The minimum atomic E-state index is -0.638. The van der Waals surface area contributed by atoms with Crippen LogP contribution in [0.5, 0.6) is 0 Å². The first kappa shape index (κ1) is 37.2. The van der Waals surface area contributed by atoms with Crippen molar-refractivity contribution in [2.24, 2.45) is 28.3 Å². The van der Waals surface area contributed by atoms with Crippen LogP contribution in [-0.2, 0) is 18.3 Å². The van der Waals surface area contributed by atoms with Crippen LogP contribution in [0.4, 0.5) is 0 Å². The summed E-state index contributed by atoms with van der Waals surface area (Å²) in [6.07, 6.45) is 2.35. The summed E-state index contributed by atoms with van der Waals surface area (Å²) in [7, 11) is 0. The summed E-state index contributed by atoms with van der Waals surface area (Å²) in [4.78, 5) is 51.4. The van der Waals surface area contributed by atoms with Gasteiger partial charge in [-0.25, -0.2) is 0 Å². The number of amides is 4. The SMILES string of the molecule is CC(C)(C)CC(C)(C)c1cc(C(N)=O)c(C(N)=O)c2c1Cc1ccccc1S2.N.NC(=O)c1ccc2c(c1C(N)=O)Sc1ccccc1C2. The molecule has 2 heterocycles. The Bertz CT molecular complexity index is 2000. The highest BCUT2D eigenvalue weighted by Gasteiger charge is 2.35. The number of fused-ring (bicyclic) bond motifs is 4. The summed E-state index contributed by atoms with van der Waals surface area (Å²) in [5.41, 5.74) is 28.5. The smallest absolute Gasteiger partial charge is 0.250 e. The van der Waals surface area contributed by atoms with Gasteiger partial charge in [-0.2, -0.15) is 0 Å². The molecule has 2 aliphatic rings. The van der Waals surface area contributed by atoms with Crippen molar-refractivity contribution < 1.29 is 19.2 Å². The molecule has 256 valence electrons. The maximum Gasteiger partial charge on any atom is 0.250 e. The van der Waals surface area contributed by atoms with Crippen molar-refractivity contribution in [2.75, 3.05) is 0 Å². The highest BCUT2D eigenvalue weighted by Crippen LogP contribution is 2.48. The summed E-state index contributed by atoms with van der Waals surface area (Å²) >= 11 is 2.97. The van der Waals surface area contributed by atoms with Gasteiger partial charge in [0, 0.05) is 19.6 Å². The predicted molar refractivity (Wildman–Crippen MR) is 196 cm³/mol. The van der Waals surface area contributed by atoms with E-state index in [0.717, 1.165) is 49.1 Å². The highest BCUT2D eigenvalue weighted by atomic mass is 32.2. The van der Waals surface area contributed by atoms with Crippen molar-refractivity contribution in [3.8, 4) is 0 Å². The second-order valence-electron chi connectivity index (χ2n) is 14.0. The quantitative estimate of drug-likeness (QED) is 0.126. The Morgan fingerprint density at radius 2 is 1.10 bits per heavy atom. The largest absolute Gasteiger partial charge is 0.366 e. The van der Waals surface area contributed by atoms with Crippen LogP contribution in [0.1, 0.15) is 110 Å². The molecule has 4 aromatic carbocycles. The molecule has 0 aromatic heterocycles. The Kier molecular flexibility index (Phi) is 10.7. The zero-order valence-electron chi connectivity index (χ0n) is 28.4. The molecule has 0 aliphatic carbocycles. The number of benzene rings is 4. The Balaban J connectivity index is 0.000000227. The molecule has 6 rings (SSSR count). The Morgan fingerprint density at radius 3 is 1.61 bits per heavy atom. The van der Waals surface area contributed by atoms with E-state index in [1.807, 2.05) is 48.5 Å². The molecule has 0 atom stereocenters. The summed E-state index contributed by atoms with van der Waals surface area (Å²) in [6, 6.07) is 21.3. The zero-order chi connectivity index (χ0) is 35.1. The third-order valence-corrected chi connectivity index (χ3v) is 11.0. The van der Waals surface area contributed by atoms with Gasteiger partial charge in [-0.3, -0.25) is 19.2 Å². The number of carbonyl (C=O) groups excluding carboxylic acids is 4. The van der Waals surface area contributed by atoms with Gasteiger partial charge in [-0.15, -0.1) is 0 Å². The normalized spacial score (nSPS) is 12.8. The molecule has 49 heavy (non-hydrogen) atoms. The Labute approximate surface area is 295 Å². The second kappa shape index (κ2) is 14.1. The number of primary amides is 4. The molecule has 11 N–H and O–H groups in total. The third kappa shape index (κ3) is 7.69. The van der Waals surface area contributed by atoms with E-state index in [1.54, 1.807) is 6.07 Å². The fraction of sp³-hybridized carbons (Fsp3) is 0.263.